The SMILES string of the molecule is C=C[C@@H]1C[C@]1(NC(=O)[C@@H]1C[C@@H](Oc2nccc3cc(OC)ccc23)CN1C(=O)[C@@H](NC(=O)OC(C)(C)C)C(C)(C)C)C(=O)NS(=O)(=O)C1(CCC)CC1. The molecule has 3 fully saturated rings. The topological polar surface area (TPSA) is 182 Å². The van der Waals surface area contributed by atoms with Crippen LogP contribution < -0.4 is 24.8 Å². The molecule has 3 N–H and O–H groups in total. The highest BCUT2D eigenvalue weighted by Crippen LogP contribution is 2.49. The Morgan fingerprint density at radius 3 is 2.38 bits per heavy atom. The van der Waals surface area contributed by atoms with Crippen LogP contribution in [0.1, 0.15) is 87.0 Å². The number of aromatic nitrogens is 1. The quantitative estimate of drug-likeness (QED) is 0.248. The van der Waals surface area contributed by atoms with E-state index >= 15 is 0 Å². The Morgan fingerprint density at radius 2 is 1.81 bits per heavy atom. The zero-order valence-corrected chi connectivity index (χ0v) is 32.7. The van der Waals surface area contributed by atoms with Gasteiger partial charge in [0.2, 0.25) is 27.7 Å². The second kappa shape index (κ2) is 14.4. The van der Waals surface area contributed by atoms with Crippen molar-refractivity contribution in [2.45, 2.75) is 121 Å². The molecule has 290 valence electrons. The summed E-state index contributed by atoms with van der Waals surface area (Å²) in [5.41, 5.74) is -3.22. The van der Waals surface area contributed by atoms with Crippen LogP contribution in [0.15, 0.2) is 43.1 Å². The number of pyridine rings is 1. The summed E-state index contributed by atoms with van der Waals surface area (Å²) in [5, 5.41) is 7.03. The fraction of sp³-hybridized carbons (Fsp3) is 0.605. The lowest BCUT2D eigenvalue weighted by Crippen LogP contribution is -2.60. The number of ether oxygens (including phenoxy) is 3. The van der Waals surface area contributed by atoms with Crippen molar-refractivity contribution in [1.29, 1.82) is 0 Å². The molecule has 2 heterocycles. The summed E-state index contributed by atoms with van der Waals surface area (Å²) in [4.78, 5) is 61.4. The fourth-order valence-corrected chi connectivity index (χ4v) is 8.78. The van der Waals surface area contributed by atoms with Crippen molar-refractivity contribution in [3.63, 3.8) is 0 Å². The van der Waals surface area contributed by atoms with Gasteiger partial charge in [-0.1, -0.05) is 40.2 Å². The van der Waals surface area contributed by atoms with E-state index < -0.39 is 79.2 Å². The molecule has 3 aliphatic rings. The number of carbonyl (C=O) groups excluding carboxylic acids is 4. The molecule has 2 aromatic rings. The summed E-state index contributed by atoms with van der Waals surface area (Å²) in [6.45, 7) is 16.1. The summed E-state index contributed by atoms with van der Waals surface area (Å²) in [5.74, 6) is -1.66. The lowest BCUT2D eigenvalue weighted by molar-refractivity contribution is -0.143. The first kappa shape index (κ1) is 39.8. The van der Waals surface area contributed by atoms with Crippen molar-refractivity contribution in [3.8, 4) is 11.6 Å². The van der Waals surface area contributed by atoms with Crippen molar-refractivity contribution in [3.05, 3.63) is 43.1 Å². The van der Waals surface area contributed by atoms with Crippen molar-refractivity contribution < 1.29 is 41.8 Å². The summed E-state index contributed by atoms with van der Waals surface area (Å²) in [6.07, 6.45) is 3.71. The van der Waals surface area contributed by atoms with E-state index in [1.165, 1.54) is 11.0 Å². The minimum Gasteiger partial charge on any atom is -0.497 e. The van der Waals surface area contributed by atoms with Gasteiger partial charge in [-0.25, -0.2) is 18.2 Å². The molecule has 14 nitrogen and oxygen atoms in total. The van der Waals surface area contributed by atoms with E-state index in [0.29, 0.717) is 42.7 Å². The Hall–Kier alpha value is -4.40. The molecule has 0 radical (unpaired) electrons. The van der Waals surface area contributed by atoms with Crippen LogP contribution in [0.2, 0.25) is 0 Å². The molecule has 1 aromatic heterocycles. The number of carbonyl (C=O) groups is 4. The van der Waals surface area contributed by atoms with Gasteiger partial charge in [-0.05, 0) is 81.5 Å². The normalized spacial score (nSPS) is 24.1. The Balaban J connectivity index is 1.44. The van der Waals surface area contributed by atoms with Crippen molar-refractivity contribution in [1.82, 2.24) is 25.2 Å². The Bertz CT molecular complexity index is 1880. The van der Waals surface area contributed by atoms with E-state index in [0.717, 1.165) is 5.39 Å². The zero-order valence-electron chi connectivity index (χ0n) is 31.9. The first-order valence-electron chi connectivity index (χ1n) is 18.1. The van der Waals surface area contributed by atoms with Crippen LogP contribution in [-0.2, 0) is 29.1 Å². The highest BCUT2D eigenvalue weighted by Gasteiger charge is 2.63. The number of amides is 4. The van der Waals surface area contributed by atoms with Crippen LogP contribution in [0.3, 0.4) is 0 Å². The van der Waals surface area contributed by atoms with Crippen molar-refractivity contribution >= 4 is 44.6 Å². The Labute approximate surface area is 311 Å². The highest BCUT2D eigenvalue weighted by atomic mass is 32.2. The predicted molar refractivity (Wildman–Crippen MR) is 199 cm³/mol. The molecular formula is C38H53N5O9S. The lowest BCUT2D eigenvalue weighted by atomic mass is 9.85. The number of alkyl carbamates (subject to hydrolysis) is 1. The van der Waals surface area contributed by atoms with Crippen LogP contribution in [0.4, 0.5) is 4.79 Å². The first-order valence-corrected chi connectivity index (χ1v) is 19.6. The molecule has 15 heteroatoms. The standard InChI is InChI=1S/C38H53N5O9S/c1-10-15-37(16-17-37)53(48,49)42-33(46)38(21-24(38)11-2)41-30(44)28-20-26(51-31-27-13-12-25(50-9)19-23(27)14-18-39-31)22-43(28)32(45)29(35(3,4)5)40-34(47)52-36(6,7)8/h11-14,18-19,24,26,28-29H,2,10,15-17,20-22H2,1,3-9H3,(H,40,47)(H,41,44)(H,42,46)/t24-,26-,28+,29-,38-/m1/s1. The monoisotopic (exact) mass is 755 g/mol. The van der Waals surface area contributed by atoms with Gasteiger partial charge in [0.25, 0.3) is 5.91 Å². The summed E-state index contributed by atoms with van der Waals surface area (Å²) in [6, 6.07) is 4.96. The summed E-state index contributed by atoms with van der Waals surface area (Å²) >= 11 is 0. The number of fused-ring (bicyclic) bond motifs is 1. The van der Waals surface area contributed by atoms with Gasteiger partial charge in [-0.2, -0.15) is 0 Å². The molecule has 4 amide bonds. The van der Waals surface area contributed by atoms with Gasteiger partial charge in [0.1, 0.15) is 35.1 Å². The van der Waals surface area contributed by atoms with Crippen LogP contribution in [0.25, 0.3) is 10.8 Å². The van der Waals surface area contributed by atoms with E-state index in [4.69, 9.17) is 14.2 Å². The van der Waals surface area contributed by atoms with Gasteiger partial charge in [0, 0.05) is 23.9 Å². The van der Waals surface area contributed by atoms with Gasteiger partial charge < -0.3 is 29.7 Å². The number of hydrogen-bond acceptors (Lipinski definition) is 10. The largest absolute Gasteiger partial charge is 0.497 e. The maximum Gasteiger partial charge on any atom is 0.408 e. The number of methoxy groups -OCH3 is 1. The molecule has 2 saturated carbocycles. The number of hydrogen-bond donors (Lipinski definition) is 3. The van der Waals surface area contributed by atoms with Crippen LogP contribution in [0, 0.1) is 11.3 Å². The minimum absolute atomic E-state index is 0.0173. The molecule has 53 heavy (non-hydrogen) atoms. The van der Waals surface area contributed by atoms with E-state index in [1.807, 2.05) is 25.1 Å². The van der Waals surface area contributed by atoms with Gasteiger partial charge in [-0.15, -0.1) is 6.58 Å². The van der Waals surface area contributed by atoms with Gasteiger partial charge in [0.05, 0.1) is 18.4 Å². The highest BCUT2D eigenvalue weighted by molar-refractivity contribution is 7.91. The molecule has 1 aliphatic heterocycles. The maximum atomic E-state index is 14.5. The number of rotatable bonds is 13. The molecule has 1 saturated heterocycles. The number of sulfonamides is 1. The van der Waals surface area contributed by atoms with Crippen molar-refractivity contribution in [2.75, 3.05) is 13.7 Å². The average molecular weight is 756 g/mol. The Kier molecular flexibility index (Phi) is 10.8. The Morgan fingerprint density at radius 1 is 1.11 bits per heavy atom. The minimum atomic E-state index is -4.02. The summed E-state index contributed by atoms with van der Waals surface area (Å²) in [7, 11) is -2.45. The van der Waals surface area contributed by atoms with Crippen molar-refractivity contribution in [2.24, 2.45) is 11.3 Å². The molecule has 0 bridgehead atoms. The third kappa shape index (κ3) is 8.39. The molecular weight excluding hydrogens is 703 g/mol. The third-order valence-electron chi connectivity index (χ3n) is 10.2. The van der Waals surface area contributed by atoms with Gasteiger partial charge >= 0.3 is 6.09 Å². The van der Waals surface area contributed by atoms with E-state index in [1.54, 1.807) is 60.9 Å². The third-order valence-corrected chi connectivity index (χ3v) is 12.4. The smallest absolute Gasteiger partial charge is 0.408 e. The van der Waals surface area contributed by atoms with Gasteiger partial charge in [0.15, 0.2) is 0 Å². The summed E-state index contributed by atoms with van der Waals surface area (Å²) < 4.78 is 45.2. The second-order valence-corrected chi connectivity index (χ2v) is 18.6. The van der Waals surface area contributed by atoms with E-state index in [2.05, 4.69) is 26.9 Å². The number of nitrogens with zero attached hydrogens (tertiary/aromatic N) is 2. The fourth-order valence-electron chi connectivity index (χ4n) is 7.03. The van der Waals surface area contributed by atoms with E-state index in [9.17, 15) is 27.6 Å². The van der Waals surface area contributed by atoms with Crippen LogP contribution in [-0.4, -0.2) is 89.8 Å². The van der Waals surface area contributed by atoms with Crippen LogP contribution >= 0.6 is 0 Å². The lowest BCUT2D eigenvalue weighted by Gasteiger charge is -2.36. The molecule has 2 aliphatic carbocycles. The first-order chi connectivity index (χ1) is 24.7. The van der Waals surface area contributed by atoms with Gasteiger partial charge in [-0.3, -0.25) is 19.1 Å². The second-order valence-electron chi connectivity index (χ2n) is 16.5. The number of benzene rings is 1. The molecule has 5 atom stereocenters. The molecule has 5 rings (SSSR count). The number of nitrogens with one attached hydrogen (secondary N) is 3. The molecule has 0 unspecified atom stereocenters. The zero-order chi connectivity index (χ0) is 39.1. The number of likely N-dealkylation sites (tertiary alicyclic amines) is 1. The molecule has 1 aromatic carbocycles. The molecule has 0 spiro atoms. The van der Waals surface area contributed by atoms with E-state index in [-0.39, 0.29) is 19.4 Å². The maximum absolute atomic E-state index is 14.5. The predicted octanol–water partition coefficient (Wildman–Crippen LogP) is 4.37. The average Bonchev–Trinajstić information content (AvgIpc) is 3.97. The van der Waals surface area contributed by atoms with Crippen LogP contribution in [0.5, 0.6) is 11.6 Å².